The number of piperazine rings is 1. The molecule has 29 heavy (non-hydrogen) atoms. The molecule has 1 aliphatic rings. The van der Waals surface area contributed by atoms with E-state index in [4.69, 9.17) is 11.6 Å². The minimum atomic E-state index is -0.340. The van der Waals surface area contributed by atoms with Crippen molar-refractivity contribution >= 4 is 34.8 Å². The van der Waals surface area contributed by atoms with Crippen LogP contribution in [0.4, 0.5) is 15.8 Å². The van der Waals surface area contributed by atoms with Crippen LogP contribution in [0.2, 0.25) is 5.02 Å². The summed E-state index contributed by atoms with van der Waals surface area (Å²) in [6.45, 7) is 4.97. The van der Waals surface area contributed by atoms with Gasteiger partial charge in [-0.1, -0.05) is 17.7 Å². The minimum absolute atomic E-state index is 0.0834. The molecule has 0 aliphatic carbocycles. The molecule has 2 aromatic rings. The number of benzene rings is 2. The fraction of sp³-hybridized carbons (Fsp3) is 0.333. The van der Waals surface area contributed by atoms with Crippen molar-refractivity contribution in [2.45, 2.75) is 6.92 Å². The zero-order valence-corrected chi connectivity index (χ0v) is 17.0. The third-order valence-electron chi connectivity index (χ3n) is 4.78. The van der Waals surface area contributed by atoms with Gasteiger partial charge in [-0.25, -0.2) is 4.39 Å². The van der Waals surface area contributed by atoms with Crippen LogP contribution in [0.5, 0.6) is 0 Å². The van der Waals surface area contributed by atoms with Crippen LogP contribution >= 0.6 is 11.6 Å². The van der Waals surface area contributed by atoms with Crippen molar-refractivity contribution in [3.8, 4) is 0 Å². The minimum Gasteiger partial charge on any atom is -0.325 e. The van der Waals surface area contributed by atoms with Crippen LogP contribution in [-0.4, -0.2) is 60.9 Å². The summed E-state index contributed by atoms with van der Waals surface area (Å²) in [5.41, 5.74) is 1.71. The van der Waals surface area contributed by atoms with E-state index < -0.39 is 0 Å². The average Bonchev–Trinajstić information content (AvgIpc) is 2.68. The van der Waals surface area contributed by atoms with Crippen molar-refractivity contribution in [2.24, 2.45) is 0 Å². The highest BCUT2D eigenvalue weighted by Gasteiger charge is 2.20. The van der Waals surface area contributed by atoms with E-state index in [2.05, 4.69) is 15.5 Å². The normalized spacial score (nSPS) is 15.1. The van der Waals surface area contributed by atoms with Crippen molar-refractivity contribution in [1.29, 1.82) is 0 Å². The molecule has 6 nitrogen and oxygen atoms in total. The number of nitrogens with zero attached hydrogens (tertiary/aromatic N) is 2. The number of nitrogens with one attached hydrogen (secondary N) is 2. The molecule has 1 heterocycles. The molecule has 1 saturated heterocycles. The third kappa shape index (κ3) is 6.52. The Morgan fingerprint density at radius 3 is 1.90 bits per heavy atom. The molecule has 8 heteroatoms. The lowest BCUT2D eigenvalue weighted by Gasteiger charge is -2.33. The Bertz CT molecular complexity index is 867. The molecule has 0 aromatic heterocycles. The first kappa shape index (κ1) is 21.2. The summed E-state index contributed by atoms with van der Waals surface area (Å²) in [6, 6.07) is 11.6. The van der Waals surface area contributed by atoms with E-state index in [1.807, 2.05) is 4.90 Å². The van der Waals surface area contributed by atoms with Gasteiger partial charge in [0, 0.05) is 42.6 Å². The fourth-order valence-corrected chi connectivity index (χ4v) is 3.24. The first-order chi connectivity index (χ1) is 13.9. The molecule has 0 atom stereocenters. The van der Waals surface area contributed by atoms with Gasteiger partial charge in [0.1, 0.15) is 5.82 Å². The summed E-state index contributed by atoms with van der Waals surface area (Å²) in [5.74, 6) is -0.601. The summed E-state index contributed by atoms with van der Waals surface area (Å²) in [7, 11) is 0. The van der Waals surface area contributed by atoms with E-state index in [0.29, 0.717) is 54.7 Å². The van der Waals surface area contributed by atoms with Gasteiger partial charge in [0.2, 0.25) is 11.8 Å². The molecule has 0 bridgehead atoms. The molecule has 2 aromatic carbocycles. The zero-order valence-electron chi connectivity index (χ0n) is 16.3. The van der Waals surface area contributed by atoms with Gasteiger partial charge in [-0.2, -0.15) is 0 Å². The number of hydrogen-bond acceptors (Lipinski definition) is 4. The van der Waals surface area contributed by atoms with E-state index in [1.54, 1.807) is 43.3 Å². The van der Waals surface area contributed by atoms with Crippen molar-refractivity contribution in [3.05, 3.63) is 58.9 Å². The SMILES string of the molecule is Cc1ccc(NC(=O)CN2CCN(CC(=O)Nc3ccc(Cl)cc3)CC2)cc1F. The van der Waals surface area contributed by atoms with E-state index in [-0.39, 0.29) is 24.2 Å². The summed E-state index contributed by atoms with van der Waals surface area (Å²) >= 11 is 5.84. The maximum Gasteiger partial charge on any atom is 0.238 e. The quantitative estimate of drug-likeness (QED) is 0.757. The molecule has 2 amide bonds. The van der Waals surface area contributed by atoms with Gasteiger partial charge in [0.05, 0.1) is 13.1 Å². The van der Waals surface area contributed by atoms with Gasteiger partial charge < -0.3 is 10.6 Å². The van der Waals surface area contributed by atoms with Gasteiger partial charge in [-0.15, -0.1) is 0 Å². The van der Waals surface area contributed by atoms with Crippen molar-refractivity contribution in [2.75, 3.05) is 49.9 Å². The summed E-state index contributed by atoms with van der Waals surface area (Å²) in [6.07, 6.45) is 0. The molecule has 154 valence electrons. The van der Waals surface area contributed by atoms with Crippen LogP contribution in [-0.2, 0) is 9.59 Å². The van der Waals surface area contributed by atoms with E-state index >= 15 is 0 Å². The van der Waals surface area contributed by atoms with Gasteiger partial charge in [0.15, 0.2) is 0 Å². The number of carbonyl (C=O) groups is 2. The highest BCUT2D eigenvalue weighted by Crippen LogP contribution is 2.15. The van der Waals surface area contributed by atoms with Crippen LogP contribution in [0.15, 0.2) is 42.5 Å². The number of amides is 2. The lowest BCUT2D eigenvalue weighted by atomic mass is 10.2. The Hall–Kier alpha value is -2.48. The number of rotatable bonds is 6. The molecule has 0 radical (unpaired) electrons. The Morgan fingerprint density at radius 1 is 0.897 bits per heavy atom. The molecule has 1 fully saturated rings. The number of halogens is 2. The van der Waals surface area contributed by atoms with Gasteiger partial charge in [-0.05, 0) is 48.9 Å². The Labute approximate surface area is 174 Å². The lowest BCUT2D eigenvalue weighted by Crippen LogP contribution is -2.50. The standard InChI is InChI=1S/C21H24ClFN4O2/c1-15-2-5-18(12-19(15)23)25-21(29)14-27-10-8-26(9-11-27)13-20(28)24-17-6-3-16(22)4-7-17/h2-7,12H,8-11,13-14H2,1H3,(H,24,28)(H,25,29). The predicted molar refractivity (Wildman–Crippen MR) is 113 cm³/mol. The fourth-order valence-electron chi connectivity index (χ4n) is 3.12. The van der Waals surface area contributed by atoms with Crippen LogP contribution in [0.3, 0.4) is 0 Å². The number of anilines is 2. The van der Waals surface area contributed by atoms with E-state index in [0.717, 1.165) is 0 Å². The average molecular weight is 419 g/mol. The first-order valence-electron chi connectivity index (χ1n) is 9.45. The van der Waals surface area contributed by atoms with E-state index in [1.165, 1.54) is 6.07 Å². The van der Waals surface area contributed by atoms with Gasteiger partial charge in [0.25, 0.3) is 0 Å². The molecular weight excluding hydrogens is 395 g/mol. The monoisotopic (exact) mass is 418 g/mol. The van der Waals surface area contributed by atoms with Crippen molar-refractivity contribution < 1.29 is 14.0 Å². The second-order valence-corrected chi connectivity index (χ2v) is 7.56. The maximum atomic E-state index is 13.6. The Kier molecular flexibility index (Phi) is 7.19. The van der Waals surface area contributed by atoms with Crippen molar-refractivity contribution in [1.82, 2.24) is 9.80 Å². The zero-order chi connectivity index (χ0) is 20.8. The largest absolute Gasteiger partial charge is 0.325 e. The Morgan fingerprint density at radius 2 is 1.38 bits per heavy atom. The molecule has 0 saturated carbocycles. The molecule has 1 aliphatic heterocycles. The molecule has 2 N–H and O–H groups in total. The topological polar surface area (TPSA) is 64.7 Å². The summed E-state index contributed by atoms with van der Waals surface area (Å²) in [4.78, 5) is 28.5. The second kappa shape index (κ2) is 9.82. The second-order valence-electron chi connectivity index (χ2n) is 7.12. The van der Waals surface area contributed by atoms with Crippen LogP contribution in [0.1, 0.15) is 5.56 Å². The predicted octanol–water partition coefficient (Wildman–Crippen LogP) is 2.98. The highest BCUT2D eigenvalue weighted by molar-refractivity contribution is 6.30. The van der Waals surface area contributed by atoms with Crippen LogP contribution in [0, 0.1) is 12.7 Å². The van der Waals surface area contributed by atoms with Crippen molar-refractivity contribution in [3.63, 3.8) is 0 Å². The third-order valence-corrected chi connectivity index (χ3v) is 5.03. The highest BCUT2D eigenvalue weighted by atomic mass is 35.5. The molecule has 0 spiro atoms. The smallest absolute Gasteiger partial charge is 0.238 e. The summed E-state index contributed by atoms with van der Waals surface area (Å²) in [5, 5.41) is 6.19. The lowest BCUT2D eigenvalue weighted by molar-refractivity contribution is -0.120. The molecular formula is C21H24ClFN4O2. The molecule has 3 rings (SSSR count). The van der Waals surface area contributed by atoms with Crippen LogP contribution < -0.4 is 10.6 Å². The maximum absolute atomic E-state index is 13.6. The summed E-state index contributed by atoms with van der Waals surface area (Å²) < 4.78 is 13.6. The molecule has 0 unspecified atom stereocenters. The van der Waals surface area contributed by atoms with Gasteiger partial charge >= 0.3 is 0 Å². The first-order valence-corrected chi connectivity index (χ1v) is 9.83. The Balaban J connectivity index is 1.39. The van der Waals surface area contributed by atoms with E-state index in [9.17, 15) is 14.0 Å². The number of hydrogen-bond donors (Lipinski definition) is 2. The van der Waals surface area contributed by atoms with Gasteiger partial charge in [-0.3, -0.25) is 19.4 Å². The van der Waals surface area contributed by atoms with Crippen LogP contribution in [0.25, 0.3) is 0 Å². The number of aryl methyl sites for hydroxylation is 1. The number of carbonyl (C=O) groups excluding carboxylic acids is 2.